The normalized spacial score (nSPS) is 11.0. The average Bonchev–Trinajstić information content (AvgIpc) is 3.48. The van der Waals surface area contributed by atoms with E-state index in [-0.39, 0.29) is 11.7 Å². The number of amides is 1. The molecule has 33 heavy (non-hydrogen) atoms. The number of methoxy groups -OCH3 is 1. The van der Waals surface area contributed by atoms with E-state index in [9.17, 15) is 4.79 Å². The third kappa shape index (κ3) is 5.64. The van der Waals surface area contributed by atoms with Gasteiger partial charge in [-0.25, -0.2) is 0 Å². The number of nitrogens with zero attached hydrogens (tertiary/aromatic N) is 3. The number of hydrogen-bond acceptors (Lipinski definition) is 6. The van der Waals surface area contributed by atoms with Crippen LogP contribution < -0.4 is 10.1 Å². The molecule has 7 nitrogen and oxygen atoms in total. The van der Waals surface area contributed by atoms with Crippen LogP contribution >= 0.6 is 11.8 Å². The number of carbonyl (C=O) groups excluding carboxylic acids is 1. The molecule has 1 N–H and O–H groups in total. The van der Waals surface area contributed by atoms with Gasteiger partial charge in [0.05, 0.1) is 25.7 Å². The molecule has 0 atom stereocenters. The van der Waals surface area contributed by atoms with Gasteiger partial charge in [0, 0.05) is 11.3 Å². The van der Waals surface area contributed by atoms with Gasteiger partial charge in [0.15, 0.2) is 11.0 Å². The number of furan rings is 1. The van der Waals surface area contributed by atoms with Crippen LogP contribution in [-0.2, 0) is 11.3 Å². The number of benzene rings is 2. The Balaban J connectivity index is 1.49. The molecule has 0 aliphatic heterocycles. The van der Waals surface area contributed by atoms with Crippen molar-refractivity contribution in [3.63, 3.8) is 0 Å². The van der Waals surface area contributed by atoms with E-state index < -0.39 is 0 Å². The van der Waals surface area contributed by atoms with E-state index in [4.69, 9.17) is 9.15 Å². The van der Waals surface area contributed by atoms with Crippen LogP contribution in [0.15, 0.2) is 76.5 Å². The Labute approximate surface area is 197 Å². The van der Waals surface area contributed by atoms with E-state index in [0.717, 1.165) is 22.8 Å². The van der Waals surface area contributed by atoms with Gasteiger partial charge in [0.1, 0.15) is 11.5 Å². The van der Waals surface area contributed by atoms with Crippen LogP contribution in [-0.4, -0.2) is 33.5 Å². The third-order valence-electron chi connectivity index (χ3n) is 5.15. The summed E-state index contributed by atoms with van der Waals surface area (Å²) in [6.07, 6.45) is 1.64. The van der Waals surface area contributed by atoms with Crippen LogP contribution in [0.25, 0.3) is 11.4 Å². The van der Waals surface area contributed by atoms with Crippen molar-refractivity contribution in [1.82, 2.24) is 14.8 Å². The maximum absolute atomic E-state index is 12.6. The third-order valence-corrected chi connectivity index (χ3v) is 6.12. The van der Waals surface area contributed by atoms with E-state index in [1.54, 1.807) is 13.4 Å². The second-order valence-corrected chi connectivity index (χ2v) is 8.76. The number of rotatable bonds is 9. The Bertz CT molecular complexity index is 1180. The van der Waals surface area contributed by atoms with Gasteiger partial charge >= 0.3 is 0 Å². The SMILES string of the molecule is COc1ccc(-c2nnc(SCC(=O)Nc3ccc(C(C)C)cc3)n2Cc2ccco2)cc1. The first kappa shape index (κ1) is 22.7. The fraction of sp³-hybridized carbons (Fsp3) is 0.240. The van der Waals surface area contributed by atoms with E-state index in [2.05, 4.69) is 29.4 Å². The van der Waals surface area contributed by atoms with Crippen molar-refractivity contribution < 1.29 is 13.9 Å². The highest BCUT2D eigenvalue weighted by atomic mass is 32.2. The molecule has 2 heterocycles. The Hall–Kier alpha value is -3.52. The van der Waals surface area contributed by atoms with Gasteiger partial charge in [-0.1, -0.05) is 37.7 Å². The minimum absolute atomic E-state index is 0.101. The second kappa shape index (κ2) is 10.4. The summed E-state index contributed by atoms with van der Waals surface area (Å²) < 4.78 is 12.7. The fourth-order valence-electron chi connectivity index (χ4n) is 3.33. The standard InChI is InChI=1S/C25H26N4O3S/c1-17(2)18-6-10-20(11-7-18)26-23(30)16-33-25-28-27-24(19-8-12-21(31-3)13-9-19)29(25)15-22-5-4-14-32-22/h4-14,17H,15-16H2,1-3H3,(H,26,30). The van der Waals surface area contributed by atoms with Gasteiger partial charge in [-0.05, 0) is 60.0 Å². The molecule has 0 unspecified atom stereocenters. The first-order chi connectivity index (χ1) is 16.0. The van der Waals surface area contributed by atoms with Crippen molar-refractivity contribution in [2.24, 2.45) is 0 Å². The summed E-state index contributed by atoms with van der Waals surface area (Å²) >= 11 is 1.34. The molecule has 4 rings (SSSR count). The predicted molar refractivity (Wildman–Crippen MR) is 130 cm³/mol. The van der Waals surface area contributed by atoms with Crippen LogP contribution in [0.2, 0.25) is 0 Å². The Kier molecular flexibility index (Phi) is 7.14. The zero-order valence-electron chi connectivity index (χ0n) is 18.8. The zero-order valence-corrected chi connectivity index (χ0v) is 19.6. The molecule has 0 fully saturated rings. The lowest BCUT2D eigenvalue weighted by molar-refractivity contribution is -0.113. The number of anilines is 1. The minimum atomic E-state index is -0.101. The van der Waals surface area contributed by atoms with Crippen LogP contribution in [0.1, 0.15) is 31.1 Å². The van der Waals surface area contributed by atoms with Crippen LogP contribution in [0.3, 0.4) is 0 Å². The summed E-state index contributed by atoms with van der Waals surface area (Å²) in [4.78, 5) is 12.6. The van der Waals surface area contributed by atoms with Crippen molar-refractivity contribution in [2.75, 3.05) is 18.2 Å². The summed E-state index contributed by atoms with van der Waals surface area (Å²) in [6, 6.07) is 19.3. The fourth-order valence-corrected chi connectivity index (χ4v) is 4.07. The number of ether oxygens (including phenoxy) is 1. The topological polar surface area (TPSA) is 82.2 Å². The van der Waals surface area contributed by atoms with Gasteiger partial charge in [0.25, 0.3) is 0 Å². The highest BCUT2D eigenvalue weighted by Gasteiger charge is 2.17. The largest absolute Gasteiger partial charge is 0.497 e. The Morgan fingerprint density at radius 1 is 1.09 bits per heavy atom. The molecule has 0 aliphatic rings. The first-order valence-corrected chi connectivity index (χ1v) is 11.6. The van der Waals surface area contributed by atoms with Gasteiger partial charge in [-0.2, -0.15) is 0 Å². The molecule has 0 bridgehead atoms. The lowest BCUT2D eigenvalue weighted by Crippen LogP contribution is -2.15. The lowest BCUT2D eigenvalue weighted by Gasteiger charge is -2.10. The molecular weight excluding hydrogens is 436 g/mol. The quantitative estimate of drug-likeness (QED) is 0.333. The molecule has 4 aromatic rings. The second-order valence-electron chi connectivity index (χ2n) is 7.81. The van der Waals surface area contributed by atoms with Gasteiger partial charge in [0.2, 0.25) is 5.91 Å². The van der Waals surface area contributed by atoms with Crippen molar-refractivity contribution in [2.45, 2.75) is 31.5 Å². The molecule has 0 aliphatic carbocycles. The number of aromatic nitrogens is 3. The van der Waals surface area contributed by atoms with Crippen LogP contribution in [0.4, 0.5) is 5.69 Å². The highest BCUT2D eigenvalue weighted by molar-refractivity contribution is 7.99. The summed E-state index contributed by atoms with van der Waals surface area (Å²) in [6.45, 7) is 4.74. The Morgan fingerprint density at radius 3 is 2.48 bits per heavy atom. The van der Waals surface area contributed by atoms with Gasteiger partial charge in [-0.3, -0.25) is 9.36 Å². The number of nitrogens with one attached hydrogen (secondary N) is 1. The smallest absolute Gasteiger partial charge is 0.234 e. The van der Waals surface area contributed by atoms with Crippen molar-refractivity contribution in [1.29, 1.82) is 0 Å². The summed E-state index contributed by atoms with van der Waals surface area (Å²) in [5.74, 6) is 2.80. The van der Waals surface area contributed by atoms with Crippen molar-refractivity contribution in [3.05, 3.63) is 78.3 Å². The monoisotopic (exact) mass is 462 g/mol. The summed E-state index contributed by atoms with van der Waals surface area (Å²) in [5, 5.41) is 12.3. The molecule has 0 saturated heterocycles. The van der Waals surface area contributed by atoms with Gasteiger partial charge < -0.3 is 14.5 Å². The predicted octanol–water partition coefficient (Wildman–Crippen LogP) is 5.45. The highest BCUT2D eigenvalue weighted by Crippen LogP contribution is 2.27. The minimum Gasteiger partial charge on any atom is -0.497 e. The average molecular weight is 463 g/mol. The molecule has 0 radical (unpaired) electrons. The molecular formula is C25H26N4O3S. The van der Waals surface area contributed by atoms with Crippen molar-refractivity contribution in [3.8, 4) is 17.1 Å². The molecule has 1 amide bonds. The molecule has 2 aromatic carbocycles. The van der Waals surface area contributed by atoms with Crippen LogP contribution in [0, 0.1) is 0 Å². The zero-order chi connectivity index (χ0) is 23.2. The number of hydrogen-bond donors (Lipinski definition) is 1. The maximum atomic E-state index is 12.6. The number of carbonyl (C=O) groups is 1. The Morgan fingerprint density at radius 2 is 1.85 bits per heavy atom. The summed E-state index contributed by atoms with van der Waals surface area (Å²) in [7, 11) is 1.63. The van der Waals surface area contributed by atoms with E-state index in [1.807, 2.05) is 65.2 Å². The molecule has 0 saturated carbocycles. The lowest BCUT2D eigenvalue weighted by atomic mass is 10.0. The van der Waals surface area contributed by atoms with E-state index in [1.165, 1.54) is 17.3 Å². The van der Waals surface area contributed by atoms with Gasteiger partial charge in [-0.15, -0.1) is 10.2 Å². The first-order valence-electron chi connectivity index (χ1n) is 10.7. The van der Waals surface area contributed by atoms with E-state index in [0.29, 0.717) is 23.4 Å². The molecule has 0 spiro atoms. The molecule has 8 heteroatoms. The molecule has 2 aromatic heterocycles. The van der Waals surface area contributed by atoms with Crippen LogP contribution in [0.5, 0.6) is 5.75 Å². The molecule has 170 valence electrons. The number of thioether (sulfide) groups is 1. The summed E-state index contributed by atoms with van der Waals surface area (Å²) in [5.41, 5.74) is 2.91. The maximum Gasteiger partial charge on any atom is 0.234 e. The van der Waals surface area contributed by atoms with E-state index >= 15 is 0 Å². The van der Waals surface area contributed by atoms with Crippen molar-refractivity contribution >= 4 is 23.4 Å².